The molecule has 0 saturated carbocycles. The van der Waals surface area contributed by atoms with Crippen molar-refractivity contribution in [2.75, 3.05) is 11.8 Å². The van der Waals surface area contributed by atoms with E-state index >= 15 is 0 Å². The van der Waals surface area contributed by atoms with Crippen molar-refractivity contribution < 1.29 is 17.9 Å². The second-order valence-corrected chi connectivity index (χ2v) is 10.9. The van der Waals surface area contributed by atoms with Gasteiger partial charge in [-0.15, -0.1) is 0 Å². The predicted octanol–water partition coefficient (Wildman–Crippen LogP) is 6.04. The number of amides is 1. The van der Waals surface area contributed by atoms with Crippen LogP contribution in [0.4, 0.5) is 5.69 Å². The smallest absolute Gasteiger partial charge is 0.262 e. The Labute approximate surface area is 208 Å². The van der Waals surface area contributed by atoms with Gasteiger partial charge < -0.3 is 10.1 Å². The molecule has 6 nitrogen and oxygen atoms in total. The van der Waals surface area contributed by atoms with Gasteiger partial charge in [-0.25, -0.2) is 8.42 Å². The van der Waals surface area contributed by atoms with E-state index in [0.29, 0.717) is 11.3 Å². The van der Waals surface area contributed by atoms with E-state index in [2.05, 4.69) is 30.0 Å². The lowest BCUT2D eigenvalue weighted by molar-refractivity contribution is 0.0939. The molecule has 186 valence electrons. The van der Waals surface area contributed by atoms with Crippen LogP contribution in [0, 0.1) is 20.8 Å². The molecule has 0 radical (unpaired) electrons. The Balaban J connectivity index is 1.88. The maximum Gasteiger partial charge on any atom is 0.262 e. The van der Waals surface area contributed by atoms with Gasteiger partial charge in [-0.2, -0.15) is 0 Å². The van der Waals surface area contributed by atoms with Crippen LogP contribution in [0.25, 0.3) is 0 Å². The molecule has 1 amide bonds. The third-order valence-electron chi connectivity index (χ3n) is 6.18. The summed E-state index contributed by atoms with van der Waals surface area (Å²) in [4.78, 5) is 13.2. The van der Waals surface area contributed by atoms with Crippen molar-refractivity contribution in [1.29, 1.82) is 0 Å². The van der Waals surface area contributed by atoms with Crippen LogP contribution in [0.5, 0.6) is 5.75 Å². The third kappa shape index (κ3) is 5.85. The lowest BCUT2D eigenvalue weighted by Gasteiger charge is -2.21. The number of anilines is 1. The minimum absolute atomic E-state index is 0.0729. The summed E-state index contributed by atoms with van der Waals surface area (Å²) in [6, 6.07) is 15.7. The number of rotatable bonds is 8. The Morgan fingerprint density at radius 1 is 0.857 bits per heavy atom. The number of hydrogen-bond acceptors (Lipinski definition) is 4. The van der Waals surface area contributed by atoms with Gasteiger partial charge in [0.05, 0.1) is 23.7 Å². The van der Waals surface area contributed by atoms with Crippen LogP contribution in [0.2, 0.25) is 0 Å². The molecule has 1 atom stereocenters. The van der Waals surface area contributed by atoms with Gasteiger partial charge in [0.2, 0.25) is 0 Å². The first kappa shape index (κ1) is 26.3. The summed E-state index contributed by atoms with van der Waals surface area (Å²) in [5, 5.41) is 3.02. The molecule has 0 spiro atoms. The normalized spacial score (nSPS) is 12.3. The van der Waals surface area contributed by atoms with Crippen LogP contribution < -0.4 is 14.8 Å². The molecule has 35 heavy (non-hydrogen) atoms. The summed E-state index contributed by atoms with van der Waals surface area (Å²) >= 11 is 0. The Hall–Kier alpha value is -3.32. The van der Waals surface area contributed by atoms with E-state index in [9.17, 15) is 13.2 Å². The molecule has 0 unspecified atom stereocenters. The van der Waals surface area contributed by atoms with Gasteiger partial charge in [0.25, 0.3) is 15.9 Å². The number of sulfonamides is 1. The van der Waals surface area contributed by atoms with Gasteiger partial charge in [0, 0.05) is 5.56 Å². The van der Waals surface area contributed by atoms with E-state index in [4.69, 9.17) is 4.74 Å². The van der Waals surface area contributed by atoms with Crippen molar-refractivity contribution >= 4 is 21.6 Å². The van der Waals surface area contributed by atoms with Crippen LogP contribution in [0.15, 0.2) is 59.5 Å². The first-order valence-electron chi connectivity index (χ1n) is 11.6. The number of aryl methyl sites for hydroxylation is 3. The highest BCUT2D eigenvalue weighted by molar-refractivity contribution is 7.92. The first-order valence-corrected chi connectivity index (χ1v) is 13.1. The highest BCUT2D eigenvalue weighted by Gasteiger charge is 2.22. The van der Waals surface area contributed by atoms with E-state index in [-0.39, 0.29) is 28.3 Å². The maximum absolute atomic E-state index is 13.1. The molecule has 3 rings (SSSR count). The van der Waals surface area contributed by atoms with Crippen molar-refractivity contribution in [3.8, 4) is 5.75 Å². The van der Waals surface area contributed by atoms with E-state index in [0.717, 1.165) is 28.0 Å². The third-order valence-corrected chi connectivity index (χ3v) is 7.69. The minimum atomic E-state index is -3.88. The van der Waals surface area contributed by atoms with Gasteiger partial charge in [-0.3, -0.25) is 9.52 Å². The number of para-hydroxylation sites is 1. The largest absolute Gasteiger partial charge is 0.496 e. The van der Waals surface area contributed by atoms with Crippen LogP contribution >= 0.6 is 0 Å². The fourth-order valence-corrected chi connectivity index (χ4v) is 5.49. The molecule has 2 N–H and O–H groups in total. The van der Waals surface area contributed by atoms with Gasteiger partial charge >= 0.3 is 0 Å². The highest BCUT2D eigenvalue weighted by Crippen LogP contribution is 2.32. The molecule has 0 heterocycles. The maximum atomic E-state index is 13.1. The summed E-state index contributed by atoms with van der Waals surface area (Å²) in [5.41, 5.74) is 5.22. The van der Waals surface area contributed by atoms with Gasteiger partial charge in [-0.1, -0.05) is 38.1 Å². The number of carbonyl (C=O) groups excluding carboxylic acids is 1. The summed E-state index contributed by atoms with van der Waals surface area (Å²) in [6.45, 7) is 11.6. The Morgan fingerprint density at radius 2 is 1.54 bits per heavy atom. The summed E-state index contributed by atoms with van der Waals surface area (Å²) in [6.07, 6.45) is 0. The standard InChI is InChI=1S/C28H34N2O4S/c1-17(2)23-16-24(20(5)14-26(23)34-7)21(6)29-28(31)22-13-12-19(4)27(15-22)35(32,33)30-25-11-9-8-10-18(25)3/h8-17,21,30H,1-7H3,(H,29,31)/t21-/m0/s1. The molecule has 0 bridgehead atoms. The molecule has 3 aromatic carbocycles. The second-order valence-electron chi connectivity index (χ2n) is 9.20. The zero-order chi connectivity index (χ0) is 25.9. The van der Waals surface area contributed by atoms with Crippen molar-refractivity contribution in [1.82, 2.24) is 5.32 Å². The summed E-state index contributed by atoms with van der Waals surface area (Å²) < 4.78 is 34.5. The number of carbonyl (C=O) groups is 1. The zero-order valence-electron chi connectivity index (χ0n) is 21.4. The number of benzene rings is 3. The SMILES string of the molecule is COc1cc(C)c([C@H](C)NC(=O)c2ccc(C)c(S(=O)(=O)Nc3ccccc3C)c2)cc1C(C)C. The van der Waals surface area contributed by atoms with Crippen molar-refractivity contribution in [3.63, 3.8) is 0 Å². The van der Waals surface area contributed by atoms with Gasteiger partial charge in [-0.05, 0) is 91.8 Å². The summed E-state index contributed by atoms with van der Waals surface area (Å²) in [5.74, 6) is 0.748. The molecular weight excluding hydrogens is 460 g/mol. The van der Waals surface area contributed by atoms with Crippen LogP contribution in [0.1, 0.15) is 70.9 Å². The lowest BCUT2D eigenvalue weighted by Crippen LogP contribution is -2.27. The quantitative estimate of drug-likeness (QED) is 0.400. The number of nitrogens with one attached hydrogen (secondary N) is 2. The number of ether oxygens (including phenoxy) is 1. The minimum Gasteiger partial charge on any atom is -0.496 e. The fraction of sp³-hybridized carbons (Fsp3) is 0.321. The molecule has 0 aliphatic heterocycles. The molecule has 0 aliphatic carbocycles. The number of hydrogen-bond donors (Lipinski definition) is 2. The van der Waals surface area contributed by atoms with Crippen molar-refractivity contribution in [3.05, 3.63) is 88.0 Å². The average Bonchev–Trinajstić information content (AvgIpc) is 2.79. The Kier molecular flexibility index (Phi) is 7.90. The molecule has 0 aliphatic rings. The van der Waals surface area contributed by atoms with E-state index in [1.54, 1.807) is 38.3 Å². The molecule has 0 aromatic heterocycles. The molecule has 0 fully saturated rings. The Bertz CT molecular complexity index is 1350. The van der Waals surface area contributed by atoms with Crippen LogP contribution in [-0.2, 0) is 10.0 Å². The van der Waals surface area contributed by atoms with E-state index < -0.39 is 10.0 Å². The zero-order valence-corrected chi connectivity index (χ0v) is 22.2. The molecular formula is C28H34N2O4S. The number of methoxy groups -OCH3 is 1. The Morgan fingerprint density at radius 3 is 2.17 bits per heavy atom. The van der Waals surface area contributed by atoms with Gasteiger partial charge in [0.1, 0.15) is 5.75 Å². The van der Waals surface area contributed by atoms with Crippen molar-refractivity contribution in [2.45, 2.75) is 58.4 Å². The van der Waals surface area contributed by atoms with E-state index in [1.807, 2.05) is 39.0 Å². The summed E-state index contributed by atoms with van der Waals surface area (Å²) in [7, 11) is -2.22. The van der Waals surface area contributed by atoms with Crippen LogP contribution in [0.3, 0.4) is 0 Å². The average molecular weight is 495 g/mol. The monoisotopic (exact) mass is 494 g/mol. The molecule has 7 heteroatoms. The second kappa shape index (κ2) is 10.5. The van der Waals surface area contributed by atoms with Gasteiger partial charge in [0.15, 0.2) is 0 Å². The van der Waals surface area contributed by atoms with E-state index in [1.165, 1.54) is 6.07 Å². The first-order chi connectivity index (χ1) is 16.4. The fourth-order valence-electron chi connectivity index (χ4n) is 4.09. The molecule has 3 aromatic rings. The van der Waals surface area contributed by atoms with Crippen molar-refractivity contribution in [2.24, 2.45) is 0 Å². The highest BCUT2D eigenvalue weighted by atomic mass is 32.2. The molecule has 0 saturated heterocycles. The topological polar surface area (TPSA) is 84.5 Å². The van der Waals surface area contributed by atoms with Crippen LogP contribution in [-0.4, -0.2) is 21.4 Å². The lowest BCUT2D eigenvalue weighted by atomic mass is 9.93. The predicted molar refractivity (Wildman–Crippen MR) is 141 cm³/mol.